The number of ether oxygens (including phenoxy) is 2. The SMILES string of the molecule is COCCNC(=O)Nc1nc2c(OC)ccc(C)c2s1. The minimum Gasteiger partial charge on any atom is -0.494 e. The van der Waals surface area contributed by atoms with Crippen molar-refractivity contribution in [3.63, 3.8) is 0 Å². The average molecular weight is 295 g/mol. The number of hydrogen-bond acceptors (Lipinski definition) is 5. The standard InChI is InChI=1S/C13H17N3O3S/c1-8-4-5-9(19-3)10-11(8)20-13(15-10)16-12(17)14-6-7-18-2/h4-5H,6-7H2,1-3H3,(H2,14,15,16,17). The molecule has 2 N–H and O–H groups in total. The summed E-state index contributed by atoms with van der Waals surface area (Å²) in [4.78, 5) is 16.1. The quantitative estimate of drug-likeness (QED) is 0.831. The fraction of sp³-hybridized carbons (Fsp3) is 0.385. The topological polar surface area (TPSA) is 72.5 Å². The van der Waals surface area contributed by atoms with Crippen molar-refractivity contribution in [1.82, 2.24) is 10.3 Å². The number of aromatic nitrogens is 1. The van der Waals surface area contributed by atoms with Crippen LogP contribution in [0.15, 0.2) is 12.1 Å². The summed E-state index contributed by atoms with van der Waals surface area (Å²) in [6.07, 6.45) is 0. The lowest BCUT2D eigenvalue weighted by atomic mass is 10.2. The maximum atomic E-state index is 11.7. The van der Waals surface area contributed by atoms with Crippen LogP contribution in [-0.2, 0) is 4.74 Å². The summed E-state index contributed by atoms with van der Waals surface area (Å²) in [6.45, 7) is 2.93. The van der Waals surface area contributed by atoms with Crippen molar-refractivity contribution in [3.8, 4) is 5.75 Å². The number of urea groups is 1. The minimum atomic E-state index is -0.294. The number of rotatable bonds is 5. The predicted molar refractivity (Wildman–Crippen MR) is 79.8 cm³/mol. The van der Waals surface area contributed by atoms with Gasteiger partial charge in [-0.25, -0.2) is 9.78 Å². The van der Waals surface area contributed by atoms with Gasteiger partial charge in [-0.05, 0) is 18.6 Å². The van der Waals surface area contributed by atoms with Gasteiger partial charge in [0.2, 0.25) is 0 Å². The van der Waals surface area contributed by atoms with Crippen LogP contribution in [0.5, 0.6) is 5.75 Å². The summed E-state index contributed by atoms with van der Waals surface area (Å²) in [5.41, 5.74) is 1.87. The molecule has 0 saturated heterocycles. The van der Waals surface area contributed by atoms with Gasteiger partial charge in [-0.15, -0.1) is 0 Å². The van der Waals surface area contributed by atoms with Gasteiger partial charge in [0, 0.05) is 13.7 Å². The van der Waals surface area contributed by atoms with E-state index in [-0.39, 0.29) is 6.03 Å². The normalized spacial score (nSPS) is 10.6. The molecule has 1 aromatic carbocycles. The maximum Gasteiger partial charge on any atom is 0.321 e. The summed E-state index contributed by atoms with van der Waals surface area (Å²) < 4.78 is 11.2. The Kier molecular flexibility index (Phi) is 4.75. The number of nitrogens with zero attached hydrogens (tertiary/aromatic N) is 1. The molecular weight excluding hydrogens is 278 g/mol. The van der Waals surface area contributed by atoms with Crippen LogP contribution in [0.3, 0.4) is 0 Å². The zero-order valence-corrected chi connectivity index (χ0v) is 12.5. The summed E-state index contributed by atoms with van der Waals surface area (Å²) >= 11 is 1.43. The molecule has 6 nitrogen and oxygen atoms in total. The van der Waals surface area contributed by atoms with Gasteiger partial charge in [-0.2, -0.15) is 0 Å². The van der Waals surface area contributed by atoms with Crippen molar-refractivity contribution in [2.75, 3.05) is 32.7 Å². The van der Waals surface area contributed by atoms with Gasteiger partial charge >= 0.3 is 6.03 Å². The summed E-state index contributed by atoms with van der Waals surface area (Å²) in [7, 11) is 3.19. The Balaban J connectivity index is 2.15. The maximum absolute atomic E-state index is 11.7. The number of benzene rings is 1. The molecule has 1 aromatic heterocycles. The first kappa shape index (κ1) is 14.5. The van der Waals surface area contributed by atoms with Crippen LogP contribution >= 0.6 is 11.3 Å². The second kappa shape index (κ2) is 6.53. The van der Waals surface area contributed by atoms with E-state index in [1.165, 1.54) is 11.3 Å². The molecule has 1 heterocycles. The van der Waals surface area contributed by atoms with Gasteiger partial charge in [0.05, 0.1) is 18.4 Å². The summed E-state index contributed by atoms with van der Waals surface area (Å²) in [5, 5.41) is 5.94. The lowest BCUT2D eigenvalue weighted by Gasteiger charge is -2.03. The van der Waals surface area contributed by atoms with Gasteiger partial charge in [0.1, 0.15) is 11.3 Å². The highest BCUT2D eigenvalue weighted by Crippen LogP contribution is 2.34. The molecule has 0 bridgehead atoms. The van der Waals surface area contributed by atoms with Crippen molar-refractivity contribution in [2.24, 2.45) is 0 Å². The third-order valence-electron chi connectivity index (χ3n) is 2.74. The van der Waals surface area contributed by atoms with E-state index < -0.39 is 0 Å². The number of carbonyl (C=O) groups is 1. The lowest BCUT2D eigenvalue weighted by Crippen LogP contribution is -2.31. The van der Waals surface area contributed by atoms with E-state index in [2.05, 4.69) is 15.6 Å². The molecule has 108 valence electrons. The molecule has 0 fully saturated rings. The number of carbonyl (C=O) groups excluding carboxylic acids is 1. The van der Waals surface area contributed by atoms with Gasteiger partial charge in [0.15, 0.2) is 5.13 Å². The average Bonchev–Trinajstić information content (AvgIpc) is 2.84. The number of amides is 2. The first-order valence-corrected chi connectivity index (χ1v) is 6.95. The van der Waals surface area contributed by atoms with Gasteiger partial charge in [0.25, 0.3) is 0 Å². The van der Waals surface area contributed by atoms with Crippen molar-refractivity contribution >= 4 is 32.7 Å². The molecule has 0 unspecified atom stereocenters. The zero-order chi connectivity index (χ0) is 14.5. The molecule has 0 aliphatic heterocycles. The molecule has 0 spiro atoms. The van der Waals surface area contributed by atoms with Crippen molar-refractivity contribution in [1.29, 1.82) is 0 Å². The smallest absolute Gasteiger partial charge is 0.321 e. The first-order valence-electron chi connectivity index (χ1n) is 6.13. The third-order valence-corrected chi connectivity index (χ3v) is 3.84. The highest BCUT2D eigenvalue weighted by molar-refractivity contribution is 7.22. The predicted octanol–water partition coefficient (Wildman–Crippen LogP) is 2.38. The Labute approximate surface area is 121 Å². The number of nitrogens with one attached hydrogen (secondary N) is 2. The second-order valence-electron chi connectivity index (χ2n) is 4.16. The van der Waals surface area contributed by atoms with Crippen LogP contribution in [-0.4, -0.2) is 38.4 Å². The Morgan fingerprint density at radius 1 is 1.40 bits per heavy atom. The Hall–Kier alpha value is -1.86. The monoisotopic (exact) mass is 295 g/mol. The molecule has 2 amide bonds. The van der Waals surface area contributed by atoms with Crippen LogP contribution in [0, 0.1) is 6.92 Å². The minimum absolute atomic E-state index is 0.294. The molecule has 20 heavy (non-hydrogen) atoms. The van der Waals surface area contributed by atoms with Crippen LogP contribution in [0.1, 0.15) is 5.56 Å². The fourth-order valence-electron chi connectivity index (χ4n) is 1.74. The van der Waals surface area contributed by atoms with Crippen molar-refractivity contribution in [3.05, 3.63) is 17.7 Å². The molecule has 0 saturated carbocycles. The highest BCUT2D eigenvalue weighted by Gasteiger charge is 2.12. The van der Waals surface area contributed by atoms with E-state index in [1.807, 2.05) is 19.1 Å². The van der Waals surface area contributed by atoms with Crippen molar-refractivity contribution < 1.29 is 14.3 Å². The largest absolute Gasteiger partial charge is 0.494 e. The van der Waals surface area contributed by atoms with Crippen LogP contribution in [0.2, 0.25) is 0 Å². The first-order chi connectivity index (χ1) is 9.65. The van der Waals surface area contributed by atoms with E-state index in [0.29, 0.717) is 24.0 Å². The fourth-order valence-corrected chi connectivity index (χ4v) is 2.68. The Morgan fingerprint density at radius 2 is 2.20 bits per heavy atom. The Morgan fingerprint density at radius 3 is 2.90 bits per heavy atom. The molecule has 2 aromatic rings. The highest BCUT2D eigenvalue weighted by atomic mass is 32.1. The molecular formula is C13H17N3O3S. The van der Waals surface area contributed by atoms with E-state index in [4.69, 9.17) is 9.47 Å². The van der Waals surface area contributed by atoms with Gasteiger partial charge < -0.3 is 14.8 Å². The van der Waals surface area contributed by atoms with Crippen LogP contribution in [0.25, 0.3) is 10.2 Å². The van der Waals surface area contributed by atoms with Crippen molar-refractivity contribution in [2.45, 2.75) is 6.92 Å². The lowest BCUT2D eigenvalue weighted by molar-refractivity contribution is 0.198. The number of thiazole rings is 1. The van der Waals surface area contributed by atoms with Gasteiger partial charge in [-0.1, -0.05) is 17.4 Å². The van der Waals surface area contributed by atoms with E-state index in [1.54, 1.807) is 14.2 Å². The zero-order valence-electron chi connectivity index (χ0n) is 11.6. The number of anilines is 1. The molecule has 0 radical (unpaired) electrons. The van der Waals surface area contributed by atoms with Gasteiger partial charge in [-0.3, -0.25) is 5.32 Å². The number of methoxy groups -OCH3 is 2. The van der Waals surface area contributed by atoms with Crippen LogP contribution < -0.4 is 15.4 Å². The number of fused-ring (bicyclic) bond motifs is 1. The van der Waals surface area contributed by atoms with E-state index >= 15 is 0 Å². The molecule has 0 aliphatic rings. The summed E-state index contributed by atoms with van der Waals surface area (Å²) in [5.74, 6) is 0.703. The number of hydrogen-bond donors (Lipinski definition) is 2. The Bertz CT molecular complexity index is 612. The second-order valence-corrected chi connectivity index (χ2v) is 5.15. The van der Waals surface area contributed by atoms with E-state index in [0.717, 1.165) is 15.8 Å². The van der Waals surface area contributed by atoms with Crippen LogP contribution in [0.4, 0.5) is 9.93 Å². The summed E-state index contributed by atoms with van der Waals surface area (Å²) in [6, 6.07) is 3.56. The number of aryl methyl sites for hydroxylation is 1. The molecule has 7 heteroatoms. The third kappa shape index (κ3) is 3.17. The van der Waals surface area contributed by atoms with E-state index in [9.17, 15) is 4.79 Å². The molecule has 2 rings (SSSR count). The molecule has 0 aliphatic carbocycles. The molecule has 0 atom stereocenters.